The van der Waals surface area contributed by atoms with E-state index >= 15 is 0 Å². The molecule has 1 aromatic carbocycles. The molecule has 1 aliphatic rings. The van der Waals surface area contributed by atoms with E-state index in [4.69, 9.17) is 4.74 Å². The van der Waals surface area contributed by atoms with Gasteiger partial charge in [0.15, 0.2) is 0 Å². The van der Waals surface area contributed by atoms with Crippen LogP contribution in [0.3, 0.4) is 0 Å². The Morgan fingerprint density at radius 1 is 1.29 bits per heavy atom. The molecule has 0 aliphatic carbocycles. The van der Waals surface area contributed by atoms with Crippen molar-refractivity contribution in [1.29, 1.82) is 0 Å². The lowest BCUT2D eigenvalue weighted by Gasteiger charge is -2.28. The molecule has 2 rings (SSSR count). The molecule has 1 atom stereocenters. The van der Waals surface area contributed by atoms with Gasteiger partial charge in [-0.2, -0.15) is 0 Å². The fraction of sp³-hybridized carbons (Fsp3) is 0.600. The van der Waals surface area contributed by atoms with Crippen LogP contribution in [-0.2, 0) is 11.3 Å². The van der Waals surface area contributed by atoms with Gasteiger partial charge in [0.25, 0.3) is 0 Å². The van der Waals surface area contributed by atoms with Crippen LogP contribution in [0.2, 0.25) is 0 Å². The zero-order valence-corrected chi connectivity index (χ0v) is 10.8. The van der Waals surface area contributed by atoms with Crippen LogP contribution < -0.4 is 0 Å². The SMILES string of the molecule is CCCCN(Cc1ccccc1)C1CCCO1. The van der Waals surface area contributed by atoms with Gasteiger partial charge in [-0.25, -0.2) is 0 Å². The second kappa shape index (κ2) is 6.77. The molecule has 1 saturated heterocycles. The summed E-state index contributed by atoms with van der Waals surface area (Å²) in [5.74, 6) is 0. The number of rotatable bonds is 6. The Kier molecular flexibility index (Phi) is 5.02. The molecule has 0 radical (unpaired) electrons. The summed E-state index contributed by atoms with van der Waals surface area (Å²) in [5.41, 5.74) is 1.39. The summed E-state index contributed by atoms with van der Waals surface area (Å²) in [5, 5.41) is 0. The van der Waals surface area contributed by atoms with Crippen LogP contribution in [0.5, 0.6) is 0 Å². The summed E-state index contributed by atoms with van der Waals surface area (Å²) in [7, 11) is 0. The quantitative estimate of drug-likeness (QED) is 0.746. The molecule has 1 aliphatic heterocycles. The Morgan fingerprint density at radius 2 is 2.12 bits per heavy atom. The number of hydrogen-bond acceptors (Lipinski definition) is 2. The molecule has 1 aromatic rings. The Morgan fingerprint density at radius 3 is 2.76 bits per heavy atom. The number of ether oxygens (including phenoxy) is 1. The van der Waals surface area contributed by atoms with Crippen molar-refractivity contribution in [3.05, 3.63) is 35.9 Å². The molecule has 2 nitrogen and oxygen atoms in total. The van der Waals surface area contributed by atoms with Crippen LogP contribution in [0.25, 0.3) is 0 Å². The second-order valence-electron chi connectivity index (χ2n) is 4.78. The number of nitrogens with zero attached hydrogens (tertiary/aromatic N) is 1. The third-order valence-corrected chi connectivity index (χ3v) is 3.34. The van der Waals surface area contributed by atoms with Gasteiger partial charge in [0.1, 0.15) is 6.23 Å². The normalized spacial score (nSPS) is 20.0. The maximum atomic E-state index is 5.81. The maximum Gasteiger partial charge on any atom is 0.110 e. The van der Waals surface area contributed by atoms with Gasteiger partial charge in [-0.3, -0.25) is 4.90 Å². The summed E-state index contributed by atoms with van der Waals surface area (Å²) in [4.78, 5) is 2.49. The fourth-order valence-corrected chi connectivity index (χ4v) is 2.35. The summed E-state index contributed by atoms with van der Waals surface area (Å²) < 4.78 is 5.81. The minimum absolute atomic E-state index is 0.349. The minimum Gasteiger partial charge on any atom is -0.363 e. The number of unbranched alkanes of at least 4 members (excludes halogenated alkanes) is 1. The van der Waals surface area contributed by atoms with Gasteiger partial charge in [0.05, 0.1) is 0 Å². The molecule has 2 heteroatoms. The van der Waals surface area contributed by atoms with Gasteiger partial charge in [0, 0.05) is 19.7 Å². The molecule has 0 saturated carbocycles. The molecular formula is C15H23NO. The highest BCUT2D eigenvalue weighted by Crippen LogP contribution is 2.19. The monoisotopic (exact) mass is 233 g/mol. The predicted molar refractivity (Wildman–Crippen MR) is 70.7 cm³/mol. The van der Waals surface area contributed by atoms with Crippen molar-refractivity contribution in [2.75, 3.05) is 13.2 Å². The van der Waals surface area contributed by atoms with Crippen molar-refractivity contribution in [1.82, 2.24) is 4.90 Å². The van der Waals surface area contributed by atoms with E-state index in [2.05, 4.69) is 42.2 Å². The third kappa shape index (κ3) is 3.83. The maximum absolute atomic E-state index is 5.81. The summed E-state index contributed by atoms with van der Waals surface area (Å²) >= 11 is 0. The summed E-state index contributed by atoms with van der Waals surface area (Å²) in [6.07, 6.45) is 5.25. The first-order valence-electron chi connectivity index (χ1n) is 6.79. The largest absolute Gasteiger partial charge is 0.363 e. The molecule has 17 heavy (non-hydrogen) atoms. The molecule has 0 spiro atoms. The molecule has 1 unspecified atom stereocenters. The zero-order valence-electron chi connectivity index (χ0n) is 10.8. The zero-order chi connectivity index (χ0) is 11.9. The Labute approximate surface area is 105 Å². The van der Waals surface area contributed by atoms with Crippen LogP contribution in [0.4, 0.5) is 0 Å². The lowest BCUT2D eigenvalue weighted by molar-refractivity contribution is -0.0254. The second-order valence-corrected chi connectivity index (χ2v) is 4.78. The van der Waals surface area contributed by atoms with E-state index in [0.717, 1.165) is 19.7 Å². The molecule has 1 heterocycles. The average Bonchev–Trinajstić information content (AvgIpc) is 2.89. The molecule has 1 fully saturated rings. The first-order chi connectivity index (χ1) is 8.40. The first-order valence-corrected chi connectivity index (χ1v) is 6.79. The topological polar surface area (TPSA) is 12.5 Å². The number of benzene rings is 1. The molecule has 94 valence electrons. The van der Waals surface area contributed by atoms with E-state index in [-0.39, 0.29) is 0 Å². The van der Waals surface area contributed by atoms with Gasteiger partial charge in [-0.1, -0.05) is 43.7 Å². The van der Waals surface area contributed by atoms with Gasteiger partial charge in [0.2, 0.25) is 0 Å². The highest BCUT2D eigenvalue weighted by molar-refractivity contribution is 5.14. The van der Waals surface area contributed by atoms with E-state index < -0.39 is 0 Å². The van der Waals surface area contributed by atoms with Crippen LogP contribution >= 0.6 is 0 Å². The average molecular weight is 233 g/mol. The Hall–Kier alpha value is -0.860. The summed E-state index contributed by atoms with van der Waals surface area (Å²) in [6, 6.07) is 10.7. The van der Waals surface area contributed by atoms with Crippen molar-refractivity contribution in [3.8, 4) is 0 Å². The minimum atomic E-state index is 0.349. The van der Waals surface area contributed by atoms with Crippen molar-refractivity contribution in [2.24, 2.45) is 0 Å². The van der Waals surface area contributed by atoms with Crippen molar-refractivity contribution < 1.29 is 4.74 Å². The smallest absolute Gasteiger partial charge is 0.110 e. The van der Waals surface area contributed by atoms with Crippen molar-refractivity contribution in [3.63, 3.8) is 0 Å². The van der Waals surface area contributed by atoms with Crippen LogP contribution in [0, 0.1) is 0 Å². The molecule has 0 N–H and O–H groups in total. The lowest BCUT2D eigenvalue weighted by atomic mass is 10.2. The van der Waals surface area contributed by atoms with Crippen molar-refractivity contribution >= 4 is 0 Å². The van der Waals surface area contributed by atoms with Crippen molar-refractivity contribution in [2.45, 2.75) is 45.4 Å². The lowest BCUT2D eigenvalue weighted by Crippen LogP contribution is -2.35. The molecule has 0 aromatic heterocycles. The number of hydrogen-bond donors (Lipinski definition) is 0. The van der Waals surface area contributed by atoms with Gasteiger partial charge < -0.3 is 4.74 Å². The molecule has 0 amide bonds. The Bertz CT molecular complexity index is 306. The highest BCUT2D eigenvalue weighted by Gasteiger charge is 2.22. The highest BCUT2D eigenvalue weighted by atomic mass is 16.5. The predicted octanol–water partition coefficient (Wildman–Crippen LogP) is 3.43. The van der Waals surface area contributed by atoms with E-state index in [1.165, 1.54) is 31.2 Å². The Balaban J connectivity index is 1.94. The van der Waals surface area contributed by atoms with Crippen LogP contribution in [0.1, 0.15) is 38.2 Å². The fourth-order valence-electron chi connectivity index (χ4n) is 2.35. The third-order valence-electron chi connectivity index (χ3n) is 3.34. The van der Waals surface area contributed by atoms with Gasteiger partial charge in [-0.05, 0) is 24.8 Å². The van der Waals surface area contributed by atoms with Gasteiger partial charge in [-0.15, -0.1) is 0 Å². The van der Waals surface area contributed by atoms with Gasteiger partial charge >= 0.3 is 0 Å². The van der Waals surface area contributed by atoms with E-state index in [1.807, 2.05) is 0 Å². The van der Waals surface area contributed by atoms with Crippen LogP contribution in [0.15, 0.2) is 30.3 Å². The van der Waals surface area contributed by atoms with E-state index in [0.29, 0.717) is 6.23 Å². The standard InChI is InChI=1S/C15H23NO/c1-2-3-11-16(15-10-7-12-17-15)13-14-8-5-4-6-9-14/h4-6,8-9,15H,2-3,7,10-13H2,1H3. The van der Waals surface area contributed by atoms with E-state index in [9.17, 15) is 0 Å². The van der Waals surface area contributed by atoms with Crippen LogP contribution in [-0.4, -0.2) is 24.3 Å². The molecule has 0 bridgehead atoms. The first kappa shape index (κ1) is 12.6. The van der Waals surface area contributed by atoms with E-state index in [1.54, 1.807) is 0 Å². The summed E-state index contributed by atoms with van der Waals surface area (Å²) in [6.45, 7) is 5.35. The molecular weight excluding hydrogens is 210 g/mol.